The molecule has 5 heteroatoms. The molecule has 0 heterocycles. The Bertz CT molecular complexity index is 520. The number of hydrogen-bond donors (Lipinski definition) is 0. The summed E-state index contributed by atoms with van der Waals surface area (Å²) in [5.74, 6) is 0.504. The molecule has 3 nitrogen and oxygen atoms in total. The molecule has 0 radical (unpaired) electrons. The first-order chi connectivity index (χ1) is 10.8. The fourth-order valence-corrected chi connectivity index (χ4v) is 3.03. The van der Waals surface area contributed by atoms with Crippen molar-refractivity contribution in [1.82, 2.24) is 9.80 Å². The third-order valence-corrected chi connectivity index (χ3v) is 4.84. The second kappa shape index (κ2) is 9.51. The lowest BCUT2D eigenvalue weighted by molar-refractivity contribution is -0.132. The van der Waals surface area contributed by atoms with Gasteiger partial charge in [-0.05, 0) is 43.6 Å². The standard InChI is InChI=1S/C18H28Cl2N2O/c1-6-9-21(4)12-17(13(2)3)22(5)18(23)11-14-7-8-15(19)16(20)10-14/h7-8,10,13,17H,6,9,11-12H2,1-5H3/t17-/m1/s1. The fourth-order valence-electron chi connectivity index (χ4n) is 2.71. The van der Waals surface area contributed by atoms with Crippen molar-refractivity contribution in [2.24, 2.45) is 5.92 Å². The van der Waals surface area contributed by atoms with E-state index in [1.807, 2.05) is 18.0 Å². The highest BCUT2D eigenvalue weighted by Crippen LogP contribution is 2.23. The van der Waals surface area contributed by atoms with Gasteiger partial charge in [0.1, 0.15) is 0 Å². The van der Waals surface area contributed by atoms with E-state index in [2.05, 4.69) is 32.7 Å². The Morgan fingerprint density at radius 2 is 1.83 bits per heavy atom. The van der Waals surface area contributed by atoms with Crippen LogP contribution >= 0.6 is 23.2 Å². The topological polar surface area (TPSA) is 23.6 Å². The van der Waals surface area contributed by atoms with Crippen LogP contribution in [-0.2, 0) is 11.2 Å². The molecule has 1 amide bonds. The molecule has 1 aromatic rings. The molecule has 0 aromatic heterocycles. The van der Waals surface area contributed by atoms with E-state index in [0.717, 1.165) is 25.1 Å². The van der Waals surface area contributed by atoms with Gasteiger partial charge >= 0.3 is 0 Å². The number of hydrogen-bond acceptors (Lipinski definition) is 2. The van der Waals surface area contributed by atoms with E-state index >= 15 is 0 Å². The fraction of sp³-hybridized carbons (Fsp3) is 0.611. The van der Waals surface area contributed by atoms with Gasteiger partial charge in [0, 0.05) is 19.6 Å². The molecular weight excluding hydrogens is 331 g/mol. The van der Waals surface area contributed by atoms with Crippen LogP contribution < -0.4 is 0 Å². The summed E-state index contributed by atoms with van der Waals surface area (Å²) in [7, 11) is 4.00. The van der Waals surface area contributed by atoms with E-state index in [1.54, 1.807) is 12.1 Å². The van der Waals surface area contributed by atoms with Gasteiger partial charge in [0.2, 0.25) is 5.91 Å². The molecule has 23 heavy (non-hydrogen) atoms. The number of rotatable bonds is 8. The zero-order chi connectivity index (χ0) is 17.6. The summed E-state index contributed by atoms with van der Waals surface area (Å²) in [6.07, 6.45) is 1.45. The molecule has 0 N–H and O–H groups in total. The van der Waals surface area contributed by atoms with Crippen molar-refractivity contribution >= 4 is 29.1 Å². The van der Waals surface area contributed by atoms with Crippen LogP contribution in [0.1, 0.15) is 32.8 Å². The maximum atomic E-state index is 12.6. The zero-order valence-electron chi connectivity index (χ0n) is 14.8. The minimum Gasteiger partial charge on any atom is -0.341 e. The lowest BCUT2D eigenvalue weighted by atomic mass is 10.0. The third kappa shape index (κ3) is 6.33. The highest BCUT2D eigenvalue weighted by molar-refractivity contribution is 6.42. The minimum atomic E-state index is 0.104. The van der Waals surface area contributed by atoms with Crippen molar-refractivity contribution < 1.29 is 4.79 Å². The predicted octanol–water partition coefficient (Wildman–Crippen LogP) is 4.36. The van der Waals surface area contributed by atoms with Crippen LogP contribution in [0.4, 0.5) is 0 Å². The van der Waals surface area contributed by atoms with Gasteiger partial charge in [0.15, 0.2) is 0 Å². The average molecular weight is 359 g/mol. The number of halogens is 2. The molecule has 0 aliphatic heterocycles. The quantitative estimate of drug-likeness (QED) is 0.689. The average Bonchev–Trinajstić information content (AvgIpc) is 2.48. The summed E-state index contributed by atoms with van der Waals surface area (Å²) >= 11 is 12.0. The zero-order valence-corrected chi connectivity index (χ0v) is 16.3. The number of likely N-dealkylation sites (N-methyl/N-ethyl adjacent to an activating group) is 2. The van der Waals surface area contributed by atoms with E-state index in [9.17, 15) is 4.79 Å². The van der Waals surface area contributed by atoms with Crippen LogP contribution in [-0.4, -0.2) is 48.9 Å². The minimum absolute atomic E-state index is 0.104. The molecule has 1 rings (SSSR count). The normalized spacial score (nSPS) is 12.7. The van der Waals surface area contributed by atoms with Gasteiger partial charge in [0.05, 0.1) is 16.5 Å². The smallest absolute Gasteiger partial charge is 0.227 e. The Morgan fingerprint density at radius 3 is 2.35 bits per heavy atom. The van der Waals surface area contributed by atoms with E-state index in [0.29, 0.717) is 22.4 Å². The second-order valence-corrected chi connectivity index (χ2v) is 7.32. The van der Waals surface area contributed by atoms with Gasteiger partial charge in [-0.2, -0.15) is 0 Å². The first kappa shape index (κ1) is 20.3. The van der Waals surface area contributed by atoms with Crippen molar-refractivity contribution in [3.63, 3.8) is 0 Å². The van der Waals surface area contributed by atoms with Crippen molar-refractivity contribution in [2.75, 3.05) is 27.2 Å². The molecule has 0 spiro atoms. The number of amides is 1. The van der Waals surface area contributed by atoms with Gasteiger partial charge in [-0.15, -0.1) is 0 Å². The maximum absolute atomic E-state index is 12.6. The Labute approximate surface area is 150 Å². The molecule has 0 bridgehead atoms. The number of carbonyl (C=O) groups excluding carboxylic acids is 1. The molecule has 0 saturated heterocycles. The van der Waals surface area contributed by atoms with Gasteiger partial charge in [-0.3, -0.25) is 4.79 Å². The van der Waals surface area contributed by atoms with E-state index < -0.39 is 0 Å². The second-order valence-electron chi connectivity index (χ2n) is 6.50. The van der Waals surface area contributed by atoms with Crippen LogP contribution in [0.15, 0.2) is 18.2 Å². The first-order valence-corrected chi connectivity index (χ1v) is 8.90. The summed E-state index contributed by atoms with van der Waals surface area (Å²) in [5, 5.41) is 1.00. The maximum Gasteiger partial charge on any atom is 0.227 e. The van der Waals surface area contributed by atoms with Gasteiger partial charge in [0.25, 0.3) is 0 Å². The Balaban J connectivity index is 2.76. The molecule has 130 valence electrons. The van der Waals surface area contributed by atoms with Crippen LogP contribution in [0.3, 0.4) is 0 Å². The molecule has 0 fully saturated rings. The van der Waals surface area contributed by atoms with Crippen LogP contribution in [0, 0.1) is 5.92 Å². The van der Waals surface area contributed by atoms with Gasteiger partial charge in [-0.1, -0.05) is 50.0 Å². The first-order valence-electron chi connectivity index (χ1n) is 8.14. The lowest BCUT2D eigenvalue weighted by Crippen LogP contribution is -2.47. The molecule has 0 aliphatic carbocycles. The predicted molar refractivity (Wildman–Crippen MR) is 99.4 cm³/mol. The highest BCUT2D eigenvalue weighted by Gasteiger charge is 2.24. The summed E-state index contributed by atoms with van der Waals surface area (Å²) < 4.78 is 0. The number of carbonyl (C=O) groups is 1. The van der Waals surface area contributed by atoms with Crippen molar-refractivity contribution in [3.8, 4) is 0 Å². The monoisotopic (exact) mass is 358 g/mol. The lowest BCUT2D eigenvalue weighted by Gasteiger charge is -2.34. The summed E-state index contributed by atoms with van der Waals surface area (Å²) in [6, 6.07) is 5.56. The van der Waals surface area contributed by atoms with Crippen molar-refractivity contribution in [1.29, 1.82) is 0 Å². The number of benzene rings is 1. The van der Waals surface area contributed by atoms with Crippen molar-refractivity contribution in [3.05, 3.63) is 33.8 Å². The van der Waals surface area contributed by atoms with Crippen LogP contribution in [0.25, 0.3) is 0 Å². The molecule has 0 saturated carbocycles. The van der Waals surface area contributed by atoms with E-state index in [4.69, 9.17) is 23.2 Å². The molecule has 0 aliphatic rings. The SMILES string of the molecule is CCCN(C)C[C@H](C(C)C)N(C)C(=O)Cc1ccc(Cl)c(Cl)c1. The molecular formula is C18H28Cl2N2O. The van der Waals surface area contributed by atoms with Gasteiger partial charge < -0.3 is 9.80 Å². The molecule has 1 atom stereocenters. The highest BCUT2D eigenvalue weighted by atomic mass is 35.5. The van der Waals surface area contributed by atoms with Gasteiger partial charge in [-0.25, -0.2) is 0 Å². The number of nitrogens with zero attached hydrogens (tertiary/aromatic N) is 2. The summed E-state index contributed by atoms with van der Waals surface area (Å²) in [4.78, 5) is 16.8. The van der Waals surface area contributed by atoms with E-state index in [1.165, 1.54) is 0 Å². The Kier molecular flexibility index (Phi) is 8.38. The van der Waals surface area contributed by atoms with E-state index in [-0.39, 0.29) is 11.9 Å². The summed E-state index contributed by atoms with van der Waals surface area (Å²) in [5.41, 5.74) is 0.890. The Hall–Kier alpha value is -0.770. The van der Waals surface area contributed by atoms with Crippen LogP contribution in [0.5, 0.6) is 0 Å². The Morgan fingerprint density at radius 1 is 1.17 bits per heavy atom. The van der Waals surface area contributed by atoms with Crippen molar-refractivity contribution in [2.45, 2.75) is 39.7 Å². The van der Waals surface area contributed by atoms with Crippen LogP contribution in [0.2, 0.25) is 10.0 Å². The molecule has 1 aromatic carbocycles. The summed E-state index contributed by atoms with van der Waals surface area (Å²) in [6.45, 7) is 8.41. The molecule has 0 unspecified atom stereocenters. The largest absolute Gasteiger partial charge is 0.341 e. The third-order valence-electron chi connectivity index (χ3n) is 4.10.